The maximum atomic E-state index is 11.5. The minimum absolute atomic E-state index is 0.139. The van der Waals surface area contributed by atoms with Crippen LogP contribution in [0, 0.1) is 5.21 Å². The number of unbranched alkanes of at least 4 members (excludes halogenated alkanes) is 13. The van der Waals surface area contributed by atoms with Gasteiger partial charge < -0.3 is 16.0 Å². The molecule has 1 amide bonds. The molecular weight excluding hydrogens is 300 g/mol. The average molecular weight is 343 g/mol. The molecular formula is C20H42N2O2. The molecule has 0 radical (unpaired) electrons. The van der Waals surface area contributed by atoms with Crippen LogP contribution in [0.4, 0.5) is 0 Å². The zero-order valence-electron chi connectivity index (χ0n) is 16.1. The lowest BCUT2D eigenvalue weighted by atomic mass is 10.0. The van der Waals surface area contributed by atoms with Gasteiger partial charge in [0.2, 0.25) is 5.91 Å². The van der Waals surface area contributed by atoms with Gasteiger partial charge in [0.1, 0.15) is 0 Å². The van der Waals surface area contributed by atoms with Gasteiger partial charge in [-0.3, -0.25) is 4.79 Å². The highest BCUT2D eigenvalue weighted by molar-refractivity contribution is 5.75. The van der Waals surface area contributed by atoms with E-state index in [0.29, 0.717) is 19.5 Å². The second kappa shape index (κ2) is 20.4. The Morgan fingerprint density at radius 3 is 1.67 bits per heavy atom. The lowest BCUT2D eigenvalue weighted by Crippen LogP contribution is -2.77. The third-order valence-corrected chi connectivity index (χ3v) is 4.58. The molecule has 0 saturated heterocycles. The highest BCUT2D eigenvalue weighted by atomic mass is 16.5. The van der Waals surface area contributed by atoms with Crippen molar-refractivity contribution in [3.8, 4) is 0 Å². The molecule has 0 aliphatic rings. The van der Waals surface area contributed by atoms with Crippen LogP contribution in [0.3, 0.4) is 0 Å². The molecule has 0 aromatic rings. The normalized spacial score (nSPS) is 10.9. The molecule has 0 bridgehead atoms. The molecule has 0 aromatic carbocycles. The third kappa shape index (κ3) is 19.4. The van der Waals surface area contributed by atoms with Crippen molar-refractivity contribution >= 4 is 5.91 Å². The predicted molar refractivity (Wildman–Crippen MR) is 103 cm³/mol. The van der Waals surface area contributed by atoms with Gasteiger partial charge in [0.05, 0.1) is 6.54 Å². The molecule has 0 unspecified atom stereocenters. The lowest BCUT2D eigenvalue weighted by Gasteiger charge is -2.06. The molecule has 4 heteroatoms. The molecule has 24 heavy (non-hydrogen) atoms. The number of amides is 1. The standard InChI is InChI=1S/C20H42N2O2/c1-2-3-4-5-6-7-8-9-10-11-12-13-14-15-17-20(23)21-18-16-19-22-24/h2-19,22H2,1H3,(H,21,23). The number of hydrogen-bond acceptors (Lipinski definition) is 2. The Labute approximate surface area is 150 Å². The molecule has 0 atom stereocenters. The van der Waals surface area contributed by atoms with Crippen molar-refractivity contribution in [3.63, 3.8) is 0 Å². The Morgan fingerprint density at radius 1 is 0.750 bits per heavy atom. The quantitative estimate of drug-likeness (QED) is 0.269. The number of nitrogens with two attached hydrogens (primary N) is 1. The molecule has 144 valence electrons. The number of hydrogen-bond donors (Lipinski definition) is 2. The van der Waals surface area contributed by atoms with Gasteiger partial charge in [-0.15, -0.1) is 0 Å². The topological polar surface area (TPSA) is 68.8 Å². The summed E-state index contributed by atoms with van der Waals surface area (Å²) in [7, 11) is 0. The van der Waals surface area contributed by atoms with E-state index in [4.69, 9.17) is 0 Å². The smallest absolute Gasteiger partial charge is 0.219 e. The molecule has 0 fully saturated rings. The third-order valence-electron chi connectivity index (χ3n) is 4.58. The van der Waals surface area contributed by atoms with E-state index in [-0.39, 0.29) is 5.91 Å². The van der Waals surface area contributed by atoms with Gasteiger partial charge >= 0.3 is 0 Å². The van der Waals surface area contributed by atoms with Gasteiger partial charge in [-0.2, -0.15) is 0 Å². The van der Waals surface area contributed by atoms with Crippen molar-refractivity contribution in [2.45, 2.75) is 110 Å². The molecule has 3 N–H and O–H groups in total. The highest BCUT2D eigenvalue weighted by Crippen LogP contribution is 2.13. The van der Waals surface area contributed by atoms with Crippen LogP contribution in [0.2, 0.25) is 0 Å². The first-order valence-electron chi connectivity index (χ1n) is 10.5. The Morgan fingerprint density at radius 2 is 1.21 bits per heavy atom. The SMILES string of the molecule is CCCCCCCCCCCCCCCCC(=O)NCCC[NH2+][O-]. The van der Waals surface area contributed by atoms with E-state index in [1.807, 2.05) is 0 Å². The fourth-order valence-corrected chi connectivity index (χ4v) is 2.98. The molecule has 0 spiro atoms. The molecule has 0 aromatic heterocycles. The Balaban J connectivity index is 3.08. The summed E-state index contributed by atoms with van der Waals surface area (Å²) in [5, 5.41) is 13.0. The number of rotatable bonds is 19. The van der Waals surface area contributed by atoms with Gasteiger partial charge in [0, 0.05) is 19.4 Å². The lowest BCUT2D eigenvalue weighted by molar-refractivity contribution is -0.588. The van der Waals surface area contributed by atoms with Crippen molar-refractivity contribution in [1.82, 2.24) is 5.32 Å². The van der Waals surface area contributed by atoms with Crippen molar-refractivity contribution in [1.29, 1.82) is 0 Å². The summed E-state index contributed by atoms with van der Waals surface area (Å²) in [5.74, 6) is 0.139. The number of carbonyl (C=O) groups is 1. The van der Waals surface area contributed by atoms with Crippen LogP contribution in [-0.4, -0.2) is 19.0 Å². The minimum Gasteiger partial charge on any atom is -0.636 e. The van der Waals surface area contributed by atoms with Crippen molar-refractivity contribution in [3.05, 3.63) is 5.21 Å². The summed E-state index contributed by atoms with van der Waals surface area (Å²) in [6, 6.07) is 0. The second-order valence-corrected chi connectivity index (χ2v) is 7.01. The monoisotopic (exact) mass is 342 g/mol. The second-order valence-electron chi connectivity index (χ2n) is 7.01. The van der Waals surface area contributed by atoms with E-state index in [9.17, 15) is 10.0 Å². The highest BCUT2D eigenvalue weighted by Gasteiger charge is 2.00. The van der Waals surface area contributed by atoms with Gasteiger partial charge in [-0.05, 0) is 6.42 Å². The summed E-state index contributed by atoms with van der Waals surface area (Å²) in [4.78, 5) is 11.5. The van der Waals surface area contributed by atoms with Crippen LogP contribution < -0.4 is 10.8 Å². The molecule has 0 aliphatic heterocycles. The van der Waals surface area contributed by atoms with Crippen LogP contribution in [0.5, 0.6) is 0 Å². The zero-order valence-corrected chi connectivity index (χ0v) is 16.1. The zero-order chi connectivity index (χ0) is 17.7. The average Bonchev–Trinajstić information content (AvgIpc) is 2.59. The number of quaternary nitrogens is 1. The molecule has 0 rings (SSSR count). The summed E-state index contributed by atoms with van der Waals surface area (Å²) < 4.78 is 0. The maximum absolute atomic E-state index is 11.5. The van der Waals surface area contributed by atoms with E-state index < -0.39 is 0 Å². The number of nitrogens with one attached hydrogen (secondary N) is 1. The van der Waals surface area contributed by atoms with Gasteiger partial charge in [0.25, 0.3) is 0 Å². The van der Waals surface area contributed by atoms with Crippen molar-refractivity contribution < 1.29 is 10.3 Å². The fourth-order valence-electron chi connectivity index (χ4n) is 2.98. The maximum Gasteiger partial charge on any atom is 0.219 e. The van der Waals surface area contributed by atoms with Gasteiger partial charge in [-0.25, -0.2) is 0 Å². The van der Waals surface area contributed by atoms with E-state index in [1.165, 1.54) is 83.5 Å². The largest absolute Gasteiger partial charge is 0.636 e. The summed E-state index contributed by atoms with van der Waals surface area (Å²) in [6.45, 7) is 3.45. The Kier molecular flexibility index (Phi) is 19.9. The van der Waals surface area contributed by atoms with Crippen molar-refractivity contribution in [2.75, 3.05) is 13.1 Å². The van der Waals surface area contributed by atoms with Crippen LogP contribution in [0.1, 0.15) is 110 Å². The molecule has 0 heterocycles. The molecule has 0 aliphatic carbocycles. The van der Waals surface area contributed by atoms with Crippen LogP contribution in [0.25, 0.3) is 0 Å². The Bertz CT molecular complexity index is 260. The van der Waals surface area contributed by atoms with Crippen LogP contribution >= 0.6 is 0 Å². The van der Waals surface area contributed by atoms with Gasteiger partial charge in [-0.1, -0.05) is 90.4 Å². The Hall–Kier alpha value is -0.610. The first kappa shape index (κ1) is 23.4. The predicted octanol–water partition coefficient (Wildman–Crippen LogP) is 4.43. The van der Waals surface area contributed by atoms with Crippen LogP contribution in [0.15, 0.2) is 0 Å². The first-order chi connectivity index (χ1) is 11.8. The minimum atomic E-state index is 0.139. The summed E-state index contributed by atoms with van der Waals surface area (Å²) >= 11 is 0. The van der Waals surface area contributed by atoms with Crippen molar-refractivity contribution in [2.24, 2.45) is 0 Å². The van der Waals surface area contributed by atoms with Gasteiger partial charge in [0.15, 0.2) is 0 Å². The van der Waals surface area contributed by atoms with E-state index >= 15 is 0 Å². The fraction of sp³-hybridized carbons (Fsp3) is 0.950. The number of hydroxylamine groups is 1. The van der Waals surface area contributed by atoms with E-state index in [2.05, 4.69) is 12.2 Å². The van der Waals surface area contributed by atoms with E-state index in [1.54, 1.807) is 0 Å². The summed E-state index contributed by atoms with van der Waals surface area (Å²) in [6.07, 6.45) is 20.1. The molecule has 4 nitrogen and oxygen atoms in total. The summed E-state index contributed by atoms with van der Waals surface area (Å²) in [5.41, 5.74) is 0.903. The van der Waals surface area contributed by atoms with Crippen LogP contribution in [-0.2, 0) is 4.79 Å². The molecule has 0 saturated carbocycles. The van der Waals surface area contributed by atoms with E-state index in [0.717, 1.165) is 18.3 Å². The number of carbonyl (C=O) groups excluding carboxylic acids is 1. The first-order valence-corrected chi connectivity index (χ1v) is 10.5.